The van der Waals surface area contributed by atoms with Crippen molar-refractivity contribution in [2.24, 2.45) is 16.8 Å². The van der Waals surface area contributed by atoms with Crippen LogP contribution in [-0.2, 0) is 0 Å². The average Bonchev–Trinajstić information content (AvgIpc) is 2.46. The number of hydrogen-bond acceptors (Lipinski definition) is 2. The summed E-state index contributed by atoms with van der Waals surface area (Å²) in [7, 11) is 0. The minimum atomic E-state index is -0.306. The molecule has 0 fully saturated rings. The van der Waals surface area contributed by atoms with Crippen LogP contribution in [0.5, 0.6) is 0 Å². The van der Waals surface area contributed by atoms with Gasteiger partial charge in [-0.25, -0.2) is 4.39 Å². The van der Waals surface area contributed by atoms with Gasteiger partial charge in [0.2, 0.25) is 0 Å². The van der Waals surface area contributed by atoms with Crippen molar-refractivity contribution in [1.29, 1.82) is 0 Å². The van der Waals surface area contributed by atoms with E-state index in [1.165, 1.54) is 0 Å². The van der Waals surface area contributed by atoms with Crippen LogP contribution in [0.3, 0.4) is 0 Å². The van der Waals surface area contributed by atoms with E-state index in [0.717, 1.165) is 0 Å². The van der Waals surface area contributed by atoms with E-state index in [-0.39, 0.29) is 18.3 Å². The Morgan fingerprint density at radius 3 is 2.40 bits per heavy atom. The highest BCUT2D eigenvalue weighted by Gasteiger charge is 2.45. The summed E-state index contributed by atoms with van der Waals surface area (Å²) in [5.74, 6) is 0.970. The van der Waals surface area contributed by atoms with E-state index in [0.29, 0.717) is 18.4 Å². The summed E-state index contributed by atoms with van der Waals surface area (Å²) in [6.07, 6.45) is 1.84. The molecule has 2 atom stereocenters. The van der Waals surface area contributed by atoms with Gasteiger partial charge in [0, 0.05) is 6.54 Å². The average molecular weight is 214 g/mol. The Balaban J connectivity index is 2.91. The summed E-state index contributed by atoms with van der Waals surface area (Å²) < 4.78 is 12.5. The van der Waals surface area contributed by atoms with E-state index < -0.39 is 0 Å². The fourth-order valence-electron chi connectivity index (χ4n) is 2.51. The van der Waals surface area contributed by atoms with Gasteiger partial charge in [0.1, 0.15) is 6.67 Å². The van der Waals surface area contributed by atoms with E-state index in [1.54, 1.807) is 0 Å². The van der Waals surface area contributed by atoms with E-state index >= 15 is 0 Å². The van der Waals surface area contributed by atoms with Gasteiger partial charge in [-0.15, -0.1) is 0 Å². The molecule has 1 aliphatic rings. The fourth-order valence-corrected chi connectivity index (χ4v) is 2.51. The molecule has 15 heavy (non-hydrogen) atoms. The predicted molar refractivity (Wildman–Crippen MR) is 63.0 cm³/mol. The lowest BCUT2D eigenvalue weighted by Gasteiger charge is -2.43. The lowest BCUT2D eigenvalue weighted by Crippen LogP contribution is -2.54. The lowest BCUT2D eigenvalue weighted by molar-refractivity contribution is 0.102. The lowest BCUT2D eigenvalue weighted by atomic mass is 9.76. The minimum Gasteiger partial charge on any atom is -0.352 e. The summed E-state index contributed by atoms with van der Waals surface area (Å²) in [5, 5.41) is 0. The largest absolute Gasteiger partial charge is 0.352 e. The molecule has 0 aromatic carbocycles. The number of nitrogens with zero attached hydrogens (tertiary/aromatic N) is 2. The van der Waals surface area contributed by atoms with Crippen molar-refractivity contribution in [3.05, 3.63) is 0 Å². The van der Waals surface area contributed by atoms with Crippen LogP contribution in [0.25, 0.3) is 0 Å². The molecule has 0 aromatic heterocycles. The second kappa shape index (κ2) is 4.50. The van der Waals surface area contributed by atoms with E-state index in [2.05, 4.69) is 44.5 Å². The number of halogens is 1. The van der Waals surface area contributed by atoms with Crippen LogP contribution in [0.15, 0.2) is 4.99 Å². The Morgan fingerprint density at radius 2 is 2.00 bits per heavy atom. The predicted octanol–water partition coefficient (Wildman–Crippen LogP) is 2.74. The normalized spacial score (nSPS) is 30.9. The third kappa shape index (κ3) is 2.01. The maximum Gasteiger partial charge on any atom is 0.107 e. The molecule has 0 spiro atoms. The first-order valence-electron chi connectivity index (χ1n) is 5.80. The Bertz CT molecular complexity index is 238. The van der Waals surface area contributed by atoms with Crippen LogP contribution in [0.2, 0.25) is 0 Å². The summed E-state index contributed by atoms with van der Waals surface area (Å²) in [6.45, 7) is 11.1. The summed E-state index contributed by atoms with van der Waals surface area (Å²) in [4.78, 5) is 6.62. The van der Waals surface area contributed by atoms with Gasteiger partial charge in [0.05, 0.1) is 17.9 Å². The van der Waals surface area contributed by atoms with Crippen molar-refractivity contribution < 1.29 is 4.39 Å². The molecule has 1 aliphatic heterocycles. The molecule has 0 saturated heterocycles. The van der Waals surface area contributed by atoms with Gasteiger partial charge in [0.15, 0.2) is 0 Å². The van der Waals surface area contributed by atoms with Gasteiger partial charge in [-0.3, -0.25) is 4.99 Å². The zero-order valence-electron chi connectivity index (χ0n) is 10.5. The summed E-state index contributed by atoms with van der Waals surface area (Å²) >= 11 is 0. The molecular formula is C12H23FN2. The maximum atomic E-state index is 12.5. The quantitative estimate of drug-likeness (QED) is 0.702. The van der Waals surface area contributed by atoms with Crippen molar-refractivity contribution in [2.75, 3.05) is 13.2 Å². The minimum absolute atomic E-state index is 0.0275. The Labute approximate surface area is 92.6 Å². The number of aliphatic imine (C=N–C) groups is 1. The molecule has 1 rings (SSSR count). The Morgan fingerprint density at radius 1 is 1.40 bits per heavy atom. The standard InChI is InChI=1S/C12H23FN2/c1-9(2)11-12(5,10(3)4)15(7-6-13)8-14-11/h8-11H,6-7H2,1-5H3/t11?,12-/m0/s1. The number of alkyl halides is 1. The fraction of sp³-hybridized carbons (Fsp3) is 0.917. The highest BCUT2D eigenvalue weighted by Crippen LogP contribution is 2.36. The van der Waals surface area contributed by atoms with Crippen LogP contribution >= 0.6 is 0 Å². The second-order valence-corrected chi connectivity index (χ2v) is 5.22. The molecule has 1 heterocycles. The molecule has 88 valence electrons. The summed E-state index contributed by atoms with van der Waals surface area (Å²) in [5.41, 5.74) is -0.0275. The van der Waals surface area contributed by atoms with Gasteiger partial charge in [0.25, 0.3) is 0 Å². The van der Waals surface area contributed by atoms with Crippen molar-refractivity contribution in [3.63, 3.8) is 0 Å². The molecular weight excluding hydrogens is 191 g/mol. The zero-order valence-corrected chi connectivity index (χ0v) is 10.5. The Hall–Kier alpha value is -0.600. The van der Waals surface area contributed by atoms with Crippen molar-refractivity contribution in [1.82, 2.24) is 4.90 Å². The summed E-state index contributed by atoms with van der Waals surface area (Å²) in [6, 6.07) is 0.282. The number of rotatable bonds is 4. The van der Waals surface area contributed by atoms with Crippen molar-refractivity contribution in [2.45, 2.75) is 46.2 Å². The van der Waals surface area contributed by atoms with Crippen LogP contribution in [0.1, 0.15) is 34.6 Å². The highest BCUT2D eigenvalue weighted by atomic mass is 19.1. The van der Waals surface area contributed by atoms with Crippen molar-refractivity contribution >= 4 is 6.34 Å². The van der Waals surface area contributed by atoms with Gasteiger partial charge >= 0.3 is 0 Å². The van der Waals surface area contributed by atoms with Crippen LogP contribution < -0.4 is 0 Å². The van der Waals surface area contributed by atoms with Crippen LogP contribution in [0, 0.1) is 11.8 Å². The molecule has 0 bridgehead atoms. The topological polar surface area (TPSA) is 15.6 Å². The smallest absolute Gasteiger partial charge is 0.107 e. The molecule has 0 N–H and O–H groups in total. The highest BCUT2D eigenvalue weighted by molar-refractivity contribution is 5.60. The molecule has 0 radical (unpaired) electrons. The molecule has 0 aliphatic carbocycles. The molecule has 0 aromatic rings. The molecule has 3 heteroatoms. The van der Waals surface area contributed by atoms with E-state index in [4.69, 9.17) is 0 Å². The van der Waals surface area contributed by atoms with Crippen molar-refractivity contribution in [3.8, 4) is 0 Å². The first-order chi connectivity index (χ1) is 6.94. The monoisotopic (exact) mass is 214 g/mol. The van der Waals surface area contributed by atoms with Crippen LogP contribution in [0.4, 0.5) is 4.39 Å². The van der Waals surface area contributed by atoms with E-state index in [9.17, 15) is 4.39 Å². The molecule has 2 nitrogen and oxygen atoms in total. The van der Waals surface area contributed by atoms with E-state index in [1.807, 2.05) is 6.34 Å². The first-order valence-corrected chi connectivity index (χ1v) is 5.80. The Kier molecular flexibility index (Phi) is 3.74. The molecule has 0 saturated carbocycles. The molecule has 0 amide bonds. The van der Waals surface area contributed by atoms with Gasteiger partial charge in [-0.05, 0) is 18.8 Å². The zero-order chi connectivity index (χ0) is 11.6. The van der Waals surface area contributed by atoms with Gasteiger partial charge in [-0.2, -0.15) is 0 Å². The first kappa shape index (κ1) is 12.5. The number of hydrogen-bond donors (Lipinski definition) is 0. The van der Waals surface area contributed by atoms with Gasteiger partial charge in [-0.1, -0.05) is 27.7 Å². The third-order valence-corrected chi connectivity index (χ3v) is 3.71. The SMILES string of the molecule is CC(C)C1N=CN(CCF)[C@@]1(C)C(C)C. The maximum absolute atomic E-state index is 12.5. The van der Waals surface area contributed by atoms with Gasteiger partial charge < -0.3 is 4.90 Å². The molecule has 1 unspecified atom stereocenters. The second-order valence-electron chi connectivity index (χ2n) is 5.22. The third-order valence-electron chi connectivity index (χ3n) is 3.71. The van der Waals surface area contributed by atoms with Crippen LogP contribution in [-0.4, -0.2) is 36.0 Å².